The van der Waals surface area contributed by atoms with Gasteiger partial charge in [-0.2, -0.15) is 5.26 Å². The first-order valence-corrected chi connectivity index (χ1v) is 7.02. The van der Waals surface area contributed by atoms with E-state index in [-0.39, 0.29) is 0 Å². The molecule has 21 heavy (non-hydrogen) atoms. The van der Waals surface area contributed by atoms with Crippen LogP contribution in [0, 0.1) is 11.3 Å². The van der Waals surface area contributed by atoms with Crippen molar-refractivity contribution in [2.24, 2.45) is 0 Å². The number of rotatable bonds is 5. The number of benzene rings is 1. The Hall–Kier alpha value is -2.38. The van der Waals surface area contributed by atoms with Gasteiger partial charge in [0.2, 0.25) is 0 Å². The fourth-order valence-electron chi connectivity index (χ4n) is 2.16. The molecule has 0 saturated heterocycles. The van der Waals surface area contributed by atoms with E-state index in [1.807, 2.05) is 36.4 Å². The number of nitrogen functional groups attached to an aromatic ring is 1. The second kappa shape index (κ2) is 6.87. The average molecular weight is 280 g/mol. The summed E-state index contributed by atoms with van der Waals surface area (Å²) in [7, 11) is 0. The van der Waals surface area contributed by atoms with Gasteiger partial charge in [-0.05, 0) is 37.6 Å². The van der Waals surface area contributed by atoms with Gasteiger partial charge in [0, 0.05) is 36.6 Å². The van der Waals surface area contributed by atoms with Gasteiger partial charge in [0.15, 0.2) is 0 Å². The quantitative estimate of drug-likeness (QED) is 0.855. The van der Waals surface area contributed by atoms with Gasteiger partial charge < -0.3 is 5.73 Å². The summed E-state index contributed by atoms with van der Waals surface area (Å²) in [5, 5.41) is 9.15. The van der Waals surface area contributed by atoms with Crippen LogP contribution < -0.4 is 5.73 Å². The lowest BCUT2D eigenvalue weighted by atomic mass is 10.1. The third-order valence-corrected chi connectivity index (χ3v) is 3.47. The Labute approximate surface area is 125 Å². The summed E-state index contributed by atoms with van der Waals surface area (Å²) in [6.45, 7) is 5.83. The first-order valence-electron chi connectivity index (χ1n) is 7.02. The number of hydrogen-bond donors (Lipinski definition) is 1. The van der Waals surface area contributed by atoms with Crippen LogP contribution in [0.2, 0.25) is 0 Å². The highest BCUT2D eigenvalue weighted by atomic mass is 15.1. The van der Waals surface area contributed by atoms with E-state index < -0.39 is 0 Å². The Bertz CT molecular complexity index is 626. The normalized spacial score (nSPS) is 10.8. The van der Waals surface area contributed by atoms with Crippen molar-refractivity contribution in [2.75, 3.05) is 5.73 Å². The van der Waals surface area contributed by atoms with Crippen molar-refractivity contribution >= 4 is 5.69 Å². The number of nitrogens with zero attached hydrogens (tertiary/aromatic N) is 3. The third-order valence-electron chi connectivity index (χ3n) is 3.47. The van der Waals surface area contributed by atoms with Crippen molar-refractivity contribution in [3.8, 4) is 6.07 Å². The minimum atomic E-state index is 0.370. The Kier molecular flexibility index (Phi) is 4.91. The number of hydrogen-bond acceptors (Lipinski definition) is 4. The monoisotopic (exact) mass is 280 g/mol. The van der Waals surface area contributed by atoms with Crippen LogP contribution in [0.4, 0.5) is 5.69 Å². The molecule has 0 bridgehead atoms. The van der Waals surface area contributed by atoms with Crippen molar-refractivity contribution < 1.29 is 0 Å². The molecule has 2 N–H and O–H groups in total. The fraction of sp³-hybridized carbons (Fsp3) is 0.294. The van der Waals surface area contributed by atoms with Gasteiger partial charge in [-0.1, -0.05) is 18.2 Å². The highest BCUT2D eigenvalue weighted by Crippen LogP contribution is 2.15. The molecule has 0 unspecified atom stereocenters. The van der Waals surface area contributed by atoms with E-state index in [1.54, 1.807) is 6.20 Å². The van der Waals surface area contributed by atoms with Crippen LogP contribution in [-0.2, 0) is 13.1 Å². The number of nitrogens with two attached hydrogens (primary N) is 1. The summed E-state index contributed by atoms with van der Waals surface area (Å²) in [6.07, 6.45) is 1.65. The van der Waals surface area contributed by atoms with Crippen molar-refractivity contribution in [1.82, 2.24) is 9.88 Å². The number of nitriles is 1. The maximum absolute atomic E-state index is 9.15. The Morgan fingerprint density at radius 2 is 1.90 bits per heavy atom. The lowest BCUT2D eigenvalue weighted by Crippen LogP contribution is -2.30. The van der Waals surface area contributed by atoms with Gasteiger partial charge in [0.25, 0.3) is 0 Å². The van der Waals surface area contributed by atoms with Crippen molar-refractivity contribution in [3.63, 3.8) is 0 Å². The molecule has 2 aromatic rings. The standard InChI is InChI=1S/C17H20N4/c1-13(2)21(11-14-5-7-16(19)8-6-14)12-15-4-3-9-20-17(15)10-18/h3-9,13H,11-12,19H2,1-2H3. The van der Waals surface area contributed by atoms with E-state index in [1.165, 1.54) is 5.56 Å². The van der Waals surface area contributed by atoms with Crippen LogP contribution in [0.15, 0.2) is 42.6 Å². The van der Waals surface area contributed by atoms with Crippen LogP contribution >= 0.6 is 0 Å². The van der Waals surface area contributed by atoms with E-state index in [4.69, 9.17) is 11.0 Å². The maximum atomic E-state index is 9.15. The number of anilines is 1. The summed E-state index contributed by atoms with van der Waals surface area (Å²) in [6, 6.07) is 14.3. The van der Waals surface area contributed by atoms with E-state index >= 15 is 0 Å². The highest BCUT2D eigenvalue weighted by Gasteiger charge is 2.13. The Morgan fingerprint density at radius 1 is 1.19 bits per heavy atom. The second-order valence-corrected chi connectivity index (χ2v) is 5.36. The first-order chi connectivity index (χ1) is 10.1. The summed E-state index contributed by atoms with van der Waals surface area (Å²) < 4.78 is 0. The molecule has 0 amide bonds. The highest BCUT2D eigenvalue weighted by molar-refractivity contribution is 5.39. The predicted molar refractivity (Wildman–Crippen MR) is 84.2 cm³/mol. The molecule has 1 aromatic heterocycles. The zero-order valence-corrected chi connectivity index (χ0v) is 12.5. The summed E-state index contributed by atoms with van der Waals surface area (Å²) in [4.78, 5) is 6.43. The molecule has 1 aromatic carbocycles. The molecule has 108 valence electrons. The first kappa shape index (κ1) is 15.0. The van der Waals surface area contributed by atoms with E-state index in [0.29, 0.717) is 18.3 Å². The lowest BCUT2D eigenvalue weighted by molar-refractivity contribution is 0.203. The van der Waals surface area contributed by atoms with Gasteiger partial charge in [0.1, 0.15) is 11.8 Å². The molecule has 0 radical (unpaired) electrons. The van der Waals surface area contributed by atoms with Crippen LogP contribution in [0.3, 0.4) is 0 Å². The van der Waals surface area contributed by atoms with E-state index in [2.05, 4.69) is 29.8 Å². The van der Waals surface area contributed by atoms with Gasteiger partial charge in [-0.15, -0.1) is 0 Å². The van der Waals surface area contributed by atoms with Crippen LogP contribution in [0.5, 0.6) is 0 Å². The number of aromatic nitrogens is 1. The Morgan fingerprint density at radius 3 is 2.52 bits per heavy atom. The molecule has 2 rings (SSSR count). The van der Waals surface area contributed by atoms with E-state index in [0.717, 1.165) is 17.8 Å². The zero-order valence-electron chi connectivity index (χ0n) is 12.5. The van der Waals surface area contributed by atoms with Crippen molar-refractivity contribution in [3.05, 3.63) is 59.4 Å². The van der Waals surface area contributed by atoms with Crippen LogP contribution in [0.25, 0.3) is 0 Å². The molecule has 0 spiro atoms. The largest absolute Gasteiger partial charge is 0.399 e. The predicted octanol–water partition coefficient (Wildman–Crippen LogP) is 2.95. The maximum Gasteiger partial charge on any atom is 0.144 e. The summed E-state index contributed by atoms with van der Waals surface area (Å²) >= 11 is 0. The molecule has 4 nitrogen and oxygen atoms in total. The molecule has 0 fully saturated rings. The smallest absolute Gasteiger partial charge is 0.144 e. The van der Waals surface area contributed by atoms with Gasteiger partial charge in [-0.3, -0.25) is 4.90 Å². The number of pyridine rings is 1. The van der Waals surface area contributed by atoms with Gasteiger partial charge in [-0.25, -0.2) is 4.98 Å². The topological polar surface area (TPSA) is 65.9 Å². The molecule has 0 aliphatic heterocycles. The molecule has 4 heteroatoms. The Balaban J connectivity index is 2.16. The minimum absolute atomic E-state index is 0.370. The molecule has 0 atom stereocenters. The molecule has 0 aliphatic rings. The van der Waals surface area contributed by atoms with Crippen molar-refractivity contribution in [2.45, 2.75) is 33.0 Å². The van der Waals surface area contributed by atoms with Crippen LogP contribution in [-0.4, -0.2) is 15.9 Å². The van der Waals surface area contributed by atoms with Gasteiger partial charge in [0.05, 0.1) is 0 Å². The molecular weight excluding hydrogens is 260 g/mol. The summed E-state index contributed by atoms with van der Waals surface area (Å²) in [5.41, 5.74) is 9.16. The zero-order chi connectivity index (χ0) is 15.2. The van der Waals surface area contributed by atoms with Gasteiger partial charge >= 0.3 is 0 Å². The van der Waals surface area contributed by atoms with E-state index in [9.17, 15) is 0 Å². The third kappa shape index (κ3) is 4.04. The molecule has 0 aliphatic carbocycles. The molecule has 1 heterocycles. The fourth-order valence-corrected chi connectivity index (χ4v) is 2.16. The SMILES string of the molecule is CC(C)N(Cc1ccc(N)cc1)Cc1cccnc1C#N. The summed E-state index contributed by atoms with van der Waals surface area (Å²) in [5.74, 6) is 0. The average Bonchev–Trinajstić information content (AvgIpc) is 2.49. The lowest BCUT2D eigenvalue weighted by Gasteiger charge is -2.26. The molecular formula is C17H20N4. The molecule has 0 saturated carbocycles. The second-order valence-electron chi connectivity index (χ2n) is 5.36. The van der Waals surface area contributed by atoms with Crippen LogP contribution in [0.1, 0.15) is 30.7 Å². The van der Waals surface area contributed by atoms with Crippen molar-refractivity contribution in [1.29, 1.82) is 5.26 Å². The minimum Gasteiger partial charge on any atom is -0.399 e.